The maximum Gasteiger partial charge on any atom is 0.0948 e. The van der Waals surface area contributed by atoms with Crippen molar-refractivity contribution in [3.05, 3.63) is 30.9 Å². The molecule has 0 saturated heterocycles. The standard InChI is InChI=1S/C11H19N3/c1-4-6-10(3)13-8-11-7-12-9-14(11)5-2/h4,7,9-10,13H,1,5-6,8H2,2-3H3. The Balaban J connectivity index is 2.40. The molecular formula is C11H19N3. The van der Waals surface area contributed by atoms with Gasteiger partial charge in [-0.1, -0.05) is 6.08 Å². The van der Waals surface area contributed by atoms with E-state index in [2.05, 4.69) is 35.3 Å². The normalized spacial score (nSPS) is 12.7. The lowest BCUT2D eigenvalue weighted by molar-refractivity contribution is 0.533. The van der Waals surface area contributed by atoms with Crippen molar-refractivity contribution in [3.8, 4) is 0 Å². The molecule has 0 aliphatic carbocycles. The van der Waals surface area contributed by atoms with E-state index in [1.165, 1.54) is 5.69 Å². The van der Waals surface area contributed by atoms with Crippen LogP contribution in [0.3, 0.4) is 0 Å². The van der Waals surface area contributed by atoms with Gasteiger partial charge >= 0.3 is 0 Å². The number of aromatic nitrogens is 2. The lowest BCUT2D eigenvalue weighted by atomic mass is 10.2. The Hall–Kier alpha value is -1.09. The summed E-state index contributed by atoms with van der Waals surface area (Å²) in [6.07, 6.45) is 6.72. The van der Waals surface area contributed by atoms with Gasteiger partial charge in [-0.3, -0.25) is 0 Å². The van der Waals surface area contributed by atoms with E-state index in [1.807, 2.05) is 18.6 Å². The molecule has 0 spiro atoms. The van der Waals surface area contributed by atoms with Gasteiger partial charge < -0.3 is 9.88 Å². The van der Waals surface area contributed by atoms with Crippen LogP contribution in [0.15, 0.2) is 25.2 Å². The van der Waals surface area contributed by atoms with Crippen molar-refractivity contribution < 1.29 is 0 Å². The van der Waals surface area contributed by atoms with Crippen LogP contribution in [-0.4, -0.2) is 15.6 Å². The van der Waals surface area contributed by atoms with Crippen molar-refractivity contribution in [2.45, 2.75) is 39.4 Å². The third-order valence-electron chi connectivity index (χ3n) is 2.29. The first-order valence-corrected chi connectivity index (χ1v) is 5.11. The molecule has 0 fully saturated rings. The summed E-state index contributed by atoms with van der Waals surface area (Å²) < 4.78 is 2.15. The molecule has 1 rings (SSSR count). The molecule has 3 nitrogen and oxygen atoms in total. The topological polar surface area (TPSA) is 29.9 Å². The van der Waals surface area contributed by atoms with Gasteiger partial charge in [0.25, 0.3) is 0 Å². The predicted molar refractivity (Wildman–Crippen MR) is 59.0 cm³/mol. The van der Waals surface area contributed by atoms with E-state index in [4.69, 9.17) is 0 Å². The first-order valence-electron chi connectivity index (χ1n) is 5.11. The Bertz CT molecular complexity index is 278. The maximum atomic E-state index is 4.12. The van der Waals surface area contributed by atoms with E-state index >= 15 is 0 Å². The van der Waals surface area contributed by atoms with Gasteiger partial charge in [-0.05, 0) is 20.3 Å². The van der Waals surface area contributed by atoms with Gasteiger partial charge in [0.05, 0.1) is 12.0 Å². The van der Waals surface area contributed by atoms with Crippen LogP contribution in [0.5, 0.6) is 0 Å². The van der Waals surface area contributed by atoms with Crippen LogP contribution in [-0.2, 0) is 13.1 Å². The fraction of sp³-hybridized carbons (Fsp3) is 0.545. The number of rotatable bonds is 6. The molecule has 14 heavy (non-hydrogen) atoms. The van der Waals surface area contributed by atoms with Crippen molar-refractivity contribution in [2.24, 2.45) is 0 Å². The average Bonchev–Trinajstić information content (AvgIpc) is 2.62. The van der Waals surface area contributed by atoms with Crippen LogP contribution in [0, 0.1) is 0 Å². The van der Waals surface area contributed by atoms with E-state index in [0.717, 1.165) is 19.5 Å². The zero-order chi connectivity index (χ0) is 10.4. The minimum Gasteiger partial charge on any atom is -0.334 e. The smallest absolute Gasteiger partial charge is 0.0948 e. The van der Waals surface area contributed by atoms with Crippen molar-refractivity contribution in [3.63, 3.8) is 0 Å². The van der Waals surface area contributed by atoms with Crippen LogP contribution in [0.1, 0.15) is 26.0 Å². The molecule has 0 radical (unpaired) electrons. The monoisotopic (exact) mass is 193 g/mol. The van der Waals surface area contributed by atoms with Crippen LogP contribution >= 0.6 is 0 Å². The first-order chi connectivity index (χ1) is 6.77. The molecule has 3 heteroatoms. The highest BCUT2D eigenvalue weighted by Crippen LogP contribution is 2.00. The number of hydrogen-bond acceptors (Lipinski definition) is 2. The summed E-state index contributed by atoms with van der Waals surface area (Å²) in [5.41, 5.74) is 1.24. The summed E-state index contributed by atoms with van der Waals surface area (Å²) in [6.45, 7) is 9.86. The summed E-state index contributed by atoms with van der Waals surface area (Å²) in [7, 11) is 0. The Morgan fingerprint density at radius 1 is 1.71 bits per heavy atom. The highest BCUT2D eigenvalue weighted by atomic mass is 15.1. The number of nitrogens with zero attached hydrogens (tertiary/aromatic N) is 2. The Kier molecular flexibility index (Phi) is 4.40. The molecule has 0 aromatic carbocycles. The quantitative estimate of drug-likeness (QED) is 0.700. The molecule has 0 saturated carbocycles. The summed E-state index contributed by atoms with van der Waals surface area (Å²) in [5.74, 6) is 0. The zero-order valence-electron chi connectivity index (χ0n) is 9.03. The minimum atomic E-state index is 0.479. The molecule has 78 valence electrons. The van der Waals surface area contributed by atoms with Gasteiger partial charge in [-0.25, -0.2) is 4.98 Å². The molecule has 0 aliphatic heterocycles. The second kappa shape index (κ2) is 5.60. The Morgan fingerprint density at radius 2 is 2.50 bits per heavy atom. The molecule has 1 heterocycles. The highest BCUT2D eigenvalue weighted by molar-refractivity contribution is 4.98. The van der Waals surface area contributed by atoms with Gasteiger partial charge in [0.2, 0.25) is 0 Å². The molecule has 1 aromatic heterocycles. The van der Waals surface area contributed by atoms with E-state index in [-0.39, 0.29) is 0 Å². The van der Waals surface area contributed by atoms with Crippen LogP contribution < -0.4 is 5.32 Å². The Labute approximate surface area is 85.8 Å². The fourth-order valence-electron chi connectivity index (χ4n) is 1.39. The minimum absolute atomic E-state index is 0.479. The molecule has 1 aromatic rings. The SMILES string of the molecule is C=CCC(C)NCc1cncn1CC. The Morgan fingerprint density at radius 3 is 3.14 bits per heavy atom. The third-order valence-corrected chi connectivity index (χ3v) is 2.29. The van der Waals surface area contributed by atoms with E-state index < -0.39 is 0 Å². The predicted octanol–water partition coefficient (Wildman–Crippen LogP) is 1.96. The number of imidazole rings is 1. The van der Waals surface area contributed by atoms with Crippen LogP contribution in [0.4, 0.5) is 0 Å². The van der Waals surface area contributed by atoms with Gasteiger partial charge in [0.15, 0.2) is 0 Å². The number of hydrogen-bond donors (Lipinski definition) is 1. The fourth-order valence-corrected chi connectivity index (χ4v) is 1.39. The summed E-state index contributed by atoms with van der Waals surface area (Å²) >= 11 is 0. The zero-order valence-corrected chi connectivity index (χ0v) is 9.03. The lowest BCUT2D eigenvalue weighted by Crippen LogP contribution is -2.25. The van der Waals surface area contributed by atoms with Crippen molar-refractivity contribution >= 4 is 0 Å². The van der Waals surface area contributed by atoms with Crippen LogP contribution in [0.25, 0.3) is 0 Å². The lowest BCUT2D eigenvalue weighted by Gasteiger charge is -2.12. The van der Waals surface area contributed by atoms with Gasteiger partial charge in [0, 0.05) is 25.3 Å². The van der Waals surface area contributed by atoms with Crippen molar-refractivity contribution in [2.75, 3.05) is 0 Å². The number of nitrogens with one attached hydrogen (secondary N) is 1. The van der Waals surface area contributed by atoms with Crippen molar-refractivity contribution in [1.82, 2.24) is 14.9 Å². The van der Waals surface area contributed by atoms with E-state index in [9.17, 15) is 0 Å². The maximum absolute atomic E-state index is 4.12. The molecular weight excluding hydrogens is 174 g/mol. The third kappa shape index (κ3) is 3.00. The molecule has 0 bridgehead atoms. The number of aryl methyl sites for hydroxylation is 1. The average molecular weight is 193 g/mol. The highest BCUT2D eigenvalue weighted by Gasteiger charge is 2.02. The molecule has 1 N–H and O–H groups in total. The molecule has 1 atom stereocenters. The van der Waals surface area contributed by atoms with E-state index in [0.29, 0.717) is 6.04 Å². The van der Waals surface area contributed by atoms with Crippen molar-refractivity contribution in [1.29, 1.82) is 0 Å². The van der Waals surface area contributed by atoms with Gasteiger partial charge in [0.1, 0.15) is 0 Å². The molecule has 0 amide bonds. The second-order valence-corrected chi connectivity index (χ2v) is 3.48. The van der Waals surface area contributed by atoms with Gasteiger partial charge in [-0.2, -0.15) is 0 Å². The molecule has 1 unspecified atom stereocenters. The van der Waals surface area contributed by atoms with E-state index in [1.54, 1.807) is 0 Å². The van der Waals surface area contributed by atoms with Crippen LogP contribution in [0.2, 0.25) is 0 Å². The first kappa shape index (κ1) is 11.0. The molecule has 0 aliphatic rings. The largest absolute Gasteiger partial charge is 0.334 e. The summed E-state index contributed by atoms with van der Waals surface area (Å²) in [6, 6.07) is 0.479. The van der Waals surface area contributed by atoms with Gasteiger partial charge in [-0.15, -0.1) is 6.58 Å². The second-order valence-electron chi connectivity index (χ2n) is 3.48. The summed E-state index contributed by atoms with van der Waals surface area (Å²) in [4.78, 5) is 4.12. The summed E-state index contributed by atoms with van der Waals surface area (Å²) in [5, 5.41) is 3.43.